The van der Waals surface area contributed by atoms with Crippen molar-refractivity contribution in [3.8, 4) is 6.07 Å². The zero-order valence-corrected chi connectivity index (χ0v) is 10.8. The van der Waals surface area contributed by atoms with Crippen LogP contribution < -0.4 is 0 Å². The topological polar surface area (TPSA) is 33.0 Å². The molecular formula is C15H19NO. The molecule has 0 aliphatic heterocycles. The van der Waals surface area contributed by atoms with Crippen molar-refractivity contribution in [2.45, 2.75) is 33.1 Å². The first kappa shape index (κ1) is 13.3. The van der Waals surface area contributed by atoms with Crippen LogP contribution in [0, 0.1) is 18.3 Å². The van der Waals surface area contributed by atoms with Crippen LogP contribution in [0.2, 0.25) is 0 Å². The minimum Gasteiger partial charge on any atom is -0.500 e. The number of hydrogen-bond donors (Lipinski definition) is 0. The Morgan fingerprint density at radius 2 is 1.94 bits per heavy atom. The molecular weight excluding hydrogens is 210 g/mol. The fourth-order valence-electron chi connectivity index (χ4n) is 1.66. The Morgan fingerprint density at radius 1 is 1.29 bits per heavy atom. The summed E-state index contributed by atoms with van der Waals surface area (Å²) < 4.78 is 5.08. The van der Waals surface area contributed by atoms with Crippen LogP contribution in [0.1, 0.15) is 30.9 Å². The second kappa shape index (κ2) is 6.75. The Morgan fingerprint density at radius 3 is 2.47 bits per heavy atom. The van der Waals surface area contributed by atoms with Gasteiger partial charge in [-0.15, -0.1) is 0 Å². The lowest BCUT2D eigenvalue weighted by Gasteiger charge is -2.05. The molecule has 0 atom stereocenters. The molecule has 0 saturated heterocycles. The van der Waals surface area contributed by atoms with Crippen molar-refractivity contribution < 1.29 is 4.74 Å². The molecule has 0 aliphatic carbocycles. The van der Waals surface area contributed by atoms with Crippen LogP contribution in [0.5, 0.6) is 0 Å². The standard InChI is InChI=1S/C15H19NO/c1-12-7-9-14(10-8-12)5-4-6-15(11-16)13(2)17-3/h7-10H,4-6H2,1-3H3. The zero-order valence-electron chi connectivity index (χ0n) is 10.8. The number of rotatable bonds is 5. The van der Waals surface area contributed by atoms with Crippen molar-refractivity contribution in [3.05, 3.63) is 46.7 Å². The molecule has 0 fully saturated rings. The minimum absolute atomic E-state index is 0.733. The number of methoxy groups -OCH3 is 1. The minimum atomic E-state index is 0.733. The van der Waals surface area contributed by atoms with Gasteiger partial charge < -0.3 is 4.74 Å². The third-order valence-electron chi connectivity index (χ3n) is 2.88. The van der Waals surface area contributed by atoms with Gasteiger partial charge >= 0.3 is 0 Å². The molecule has 17 heavy (non-hydrogen) atoms. The van der Waals surface area contributed by atoms with Crippen LogP contribution in [0.15, 0.2) is 35.6 Å². The third kappa shape index (κ3) is 4.32. The predicted octanol–water partition coefficient (Wildman–Crippen LogP) is 3.76. The van der Waals surface area contributed by atoms with E-state index in [1.54, 1.807) is 7.11 Å². The molecule has 2 heteroatoms. The summed E-state index contributed by atoms with van der Waals surface area (Å²) in [6, 6.07) is 10.7. The van der Waals surface area contributed by atoms with Gasteiger partial charge in [-0.3, -0.25) is 0 Å². The van der Waals surface area contributed by atoms with Gasteiger partial charge in [0.05, 0.1) is 18.8 Å². The van der Waals surface area contributed by atoms with Crippen molar-refractivity contribution >= 4 is 0 Å². The molecule has 2 nitrogen and oxygen atoms in total. The van der Waals surface area contributed by atoms with Gasteiger partial charge in [-0.1, -0.05) is 29.8 Å². The van der Waals surface area contributed by atoms with Crippen LogP contribution in [-0.2, 0) is 11.2 Å². The van der Waals surface area contributed by atoms with E-state index in [9.17, 15) is 0 Å². The highest BCUT2D eigenvalue weighted by Gasteiger charge is 2.02. The van der Waals surface area contributed by atoms with Crippen molar-refractivity contribution in [1.29, 1.82) is 5.26 Å². The molecule has 0 amide bonds. The van der Waals surface area contributed by atoms with E-state index in [4.69, 9.17) is 10.00 Å². The van der Waals surface area contributed by atoms with Crippen LogP contribution in [0.25, 0.3) is 0 Å². The molecule has 90 valence electrons. The largest absolute Gasteiger partial charge is 0.500 e. The maximum Gasteiger partial charge on any atom is 0.106 e. The first-order valence-electron chi connectivity index (χ1n) is 5.86. The Hall–Kier alpha value is -1.75. The summed E-state index contributed by atoms with van der Waals surface area (Å²) in [5.41, 5.74) is 3.35. The first-order chi connectivity index (χ1) is 8.17. The molecule has 1 aromatic rings. The molecule has 0 aliphatic rings. The van der Waals surface area contributed by atoms with Crippen molar-refractivity contribution in [3.63, 3.8) is 0 Å². The molecule has 0 aromatic heterocycles. The summed E-state index contributed by atoms with van der Waals surface area (Å²) in [7, 11) is 1.60. The highest BCUT2D eigenvalue weighted by atomic mass is 16.5. The van der Waals surface area contributed by atoms with Gasteiger partial charge in [-0.2, -0.15) is 5.26 Å². The van der Waals surface area contributed by atoms with Gasteiger partial charge in [0.2, 0.25) is 0 Å². The second-order valence-corrected chi connectivity index (χ2v) is 4.19. The van der Waals surface area contributed by atoms with Crippen molar-refractivity contribution in [1.82, 2.24) is 0 Å². The van der Waals surface area contributed by atoms with Gasteiger partial charge in [0.1, 0.15) is 5.76 Å². The monoisotopic (exact) mass is 229 g/mol. The van der Waals surface area contributed by atoms with Gasteiger partial charge in [0.15, 0.2) is 0 Å². The SMILES string of the molecule is COC(C)=C(C#N)CCCc1ccc(C)cc1. The van der Waals surface area contributed by atoms with E-state index < -0.39 is 0 Å². The molecule has 0 unspecified atom stereocenters. The Kier molecular flexibility index (Phi) is 5.29. The van der Waals surface area contributed by atoms with E-state index >= 15 is 0 Å². The van der Waals surface area contributed by atoms with E-state index in [0.717, 1.165) is 30.6 Å². The van der Waals surface area contributed by atoms with Crippen LogP contribution in [0.4, 0.5) is 0 Å². The summed E-state index contributed by atoms with van der Waals surface area (Å²) in [6.07, 6.45) is 2.76. The summed E-state index contributed by atoms with van der Waals surface area (Å²) in [6.45, 7) is 3.92. The molecule has 1 aromatic carbocycles. The number of benzene rings is 1. The highest BCUT2D eigenvalue weighted by molar-refractivity contribution is 5.24. The zero-order chi connectivity index (χ0) is 12.7. The van der Waals surface area contributed by atoms with E-state index in [-0.39, 0.29) is 0 Å². The van der Waals surface area contributed by atoms with Gasteiger partial charge in [0, 0.05) is 0 Å². The van der Waals surface area contributed by atoms with Gasteiger partial charge in [-0.25, -0.2) is 0 Å². The van der Waals surface area contributed by atoms with Crippen LogP contribution >= 0.6 is 0 Å². The summed E-state index contributed by atoms with van der Waals surface area (Å²) in [5, 5.41) is 8.97. The maximum atomic E-state index is 8.97. The van der Waals surface area contributed by atoms with E-state index in [2.05, 4.69) is 37.3 Å². The molecule has 0 heterocycles. The molecule has 1 rings (SSSR count). The lowest BCUT2D eigenvalue weighted by Crippen LogP contribution is -1.92. The van der Waals surface area contributed by atoms with Gasteiger partial charge in [-0.05, 0) is 38.7 Å². The number of hydrogen-bond acceptors (Lipinski definition) is 2. The molecule has 0 bridgehead atoms. The molecule has 0 saturated carbocycles. The third-order valence-corrected chi connectivity index (χ3v) is 2.88. The summed E-state index contributed by atoms with van der Waals surface area (Å²) in [5.74, 6) is 0.733. The number of aryl methyl sites for hydroxylation is 2. The predicted molar refractivity (Wildman–Crippen MR) is 69.4 cm³/mol. The lowest BCUT2D eigenvalue weighted by molar-refractivity contribution is 0.289. The fraction of sp³-hybridized carbons (Fsp3) is 0.400. The Bertz CT molecular complexity index is 423. The molecule has 0 radical (unpaired) electrons. The average molecular weight is 229 g/mol. The van der Waals surface area contributed by atoms with Crippen LogP contribution in [0.3, 0.4) is 0 Å². The number of nitrogens with zero attached hydrogens (tertiary/aromatic N) is 1. The number of ether oxygens (including phenoxy) is 1. The highest BCUT2D eigenvalue weighted by Crippen LogP contribution is 2.14. The van der Waals surface area contributed by atoms with Crippen molar-refractivity contribution in [2.24, 2.45) is 0 Å². The average Bonchev–Trinajstić information content (AvgIpc) is 2.36. The Balaban J connectivity index is 2.48. The van der Waals surface area contributed by atoms with Crippen molar-refractivity contribution in [2.75, 3.05) is 7.11 Å². The summed E-state index contributed by atoms with van der Waals surface area (Å²) in [4.78, 5) is 0. The fourth-order valence-corrected chi connectivity index (χ4v) is 1.66. The van der Waals surface area contributed by atoms with E-state index in [1.165, 1.54) is 11.1 Å². The number of allylic oxidation sites excluding steroid dienone is 2. The molecule has 0 N–H and O–H groups in total. The van der Waals surface area contributed by atoms with Gasteiger partial charge in [0.25, 0.3) is 0 Å². The maximum absolute atomic E-state index is 8.97. The lowest BCUT2D eigenvalue weighted by atomic mass is 10.0. The van der Waals surface area contributed by atoms with Crippen LogP contribution in [-0.4, -0.2) is 7.11 Å². The normalized spacial score (nSPS) is 11.6. The van der Waals surface area contributed by atoms with E-state index in [1.807, 2.05) is 6.92 Å². The first-order valence-corrected chi connectivity index (χ1v) is 5.86. The van der Waals surface area contributed by atoms with E-state index in [0.29, 0.717) is 0 Å². The Labute approximate surface area is 104 Å². The quantitative estimate of drug-likeness (QED) is 0.569. The smallest absolute Gasteiger partial charge is 0.106 e. The second-order valence-electron chi connectivity index (χ2n) is 4.19. The number of nitriles is 1. The molecule has 0 spiro atoms. The summed E-state index contributed by atoms with van der Waals surface area (Å²) >= 11 is 0.